The number of benzene rings is 1. The van der Waals surface area contributed by atoms with E-state index in [9.17, 15) is 5.11 Å². The highest BCUT2D eigenvalue weighted by molar-refractivity contribution is 5.58. The minimum absolute atomic E-state index is 0.452. The van der Waals surface area contributed by atoms with Crippen LogP contribution in [0.5, 0.6) is 5.75 Å². The smallest absolute Gasteiger partial charge is 0.118 e. The van der Waals surface area contributed by atoms with Gasteiger partial charge in [0.2, 0.25) is 0 Å². The van der Waals surface area contributed by atoms with E-state index in [-0.39, 0.29) is 0 Å². The summed E-state index contributed by atoms with van der Waals surface area (Å²) in [7, 11) is 0. The highest BCUT2D eigenvalue weighted by Crippen LogP contribution is 2.19. The summed E-state index contributed by atoms with van der Waals surface area (Å²) in [5.41, 5.74) is 1.09. The molecular formula is C35H62N2O. The fourth-order valence-corrected chi connectivity index (χ4v) is 4.99. The number of aryl methyl sites for hydroxylation is 1. The van der Waals surface area contributed by atoms with Crippen LogP contribution in [-0.2, 0) is 6.42 Å². The van der Waals surface area contributed by atoms with Gasteiger partial charge in [0.1, 0.15) is 5.75 Å². The van der Waals surface area contributed by atoms with Gasteiger partial charge in [-0.25, -0.2) is 0 Å². The number of phenols is 1. The molecule has 1 N–H and O–H groups in total. The van der Waals surface area contributed by atoms with E-state index in [4.69, 9.17) is 0 Å². The van der Waals surface area contributed by atoms with Gasteiger partial charge < -0.3 is 10.0 Å². The molecule has 1 heterocycles. The molecule has 0 saturated heterocycles. The standard InChI is InChI=1S/C20H38N2.C15H24O/c1-2-3-4-5-6-7-8-9-10-11-12-13-14-15-16-18-22-19-17-21-20-22;1-2-3-4-5-6-7-8-11-14-12-9-10-13-15(14)16/h16,18,20H,2-15,17,19H2,1H3;9-10,12-13,16H,2-8,11H2,1H3. The molecule has 0 amide bonds. The number of aromatic hydroxyl groups is 1. The lowest BCUT2D eigenvalue weighted by molar-refractivity contribution is 0.466. The third-order valence-electron chi connectivity index (χ3n) is 7.53. The summed E-state index contributed by atoms with van der Waals surface area (Å²) in [6.45, 7) is 6.56. The Bertz CT molecular complexity index is 684. The normalized spacial score (nSPS) is 12.8. The largest absolute Gasteiger partial charge is 0.508 e. The molecule has 0 aromatic heterocycles. The zero-order chi connectivity index (χ0) is 27.4. The highest BCUT2D eigenvalue weighted by Gasteiger charge is 2.00. The van der Waals surface area contributed by atoms with Crippen molar-refractivity contribution in [1.29, 1.82) is 0 Å². The maximum absolute atomic E-state index is 9.58. The lowest BCUT2D eigenvalue weighted by atomic mass is 10.0. The van der Waals surface area contributed by atoms with Crippen molar-refractivity contribution in [3.05, 3.63) is 42.1 Å². The molecule has 0 atom stereocenters. The molecular weight excluding hydrogens is 464 g/mol. The molecule has 0 bridgehead atoms. The van der Waals surface area contributed by atoms with E-state index < -0.39 is 0 Å². The van der Waals surface area contributed by atoms with E-state index in [0.717, 1.165) is 25.1 Å². The van der Waals surface area contributed by atoms with Gasteiger partial charge in [0.05, 0.1) is 12.9 Å². The molecule has 0 radical (unpaired) electrons. The highest BCUT2D eigenvalue weighted by atomic mass is 16.3. The Morgan fingerprint density at radius 2 is 1.18 bits per heavy atom. The number of allylic oxidation sites excluding steroid dienone is 1. The number of rotatable bonds is 23. The van der Waals surface area contributed by atoms with Crippen LogP contribution in [0.25, 0.3) is 0 Å². The van der Waals surface area contributed by atoms with Crippen LogP contribution >= 0.6 is 0 Å². The van der Waals surface area contributed by atoms with E-state index in [2.05, 4.69) is 36.0 Å². The van der Waals surface area contributed by atoms with Crippen LogP contribution in [0.15, 0.2) is 41.5 Å². The predicted molar refractivity (Wildman–Crippen MR) is 169 cm³/mol. The summed E-state index contributed by atoms with van der Waals surface area (Å²) >= 11 is 0. The second-order valence-electron chi connectivity index (χ2n) is 11.2. The van der Waals surface area contributed by atoms with E-state index in [1.54, 1.807) is 6.07 Å². The molecule has 1 aliphatic heterocycles. The monoisotopic (exact) mass is 526 g/mol. The van der Waals surface area contributed by atoms with Gasteiger partial charge in [-0.3, -0.25) is 4.99 Å². The summed E-state index contributed by atoms with van der Waals surface area (Å²) in [5.74, 6) is 0.452. The molecule has 0 unspecified atom stereocenters. The molecule has 1 aliphatic rings. The number of unbranched alkanes of at least 4 members (excludes halogenated alkanes) is 19. The quantitative estimate of drug-likeness (QED) is 0.144. The predicted octanol–water partition coefficient (Wildman–Crippen LogP) is 11.0. The second-order valence-corrected chi connectivity index (χ2v) is 11.2. The fourth-order valence-electron chi connectivity index (χ4n) is 4.99. The Kier molecular flexibility index (Phi) is 24.2. The molecule has 218 valence electrons. The summed E-state index contributed by atoms with van der Waals surface area (Å²) in [6.07, 6.45) is 36.6. The van der Waals surface area contributed by atoms with Crippen LogP contribution in [0.3, 0.4) is 0 Å². The maximum Gasteiger partial charge on any atom is 0.118 e. The Morgan fingerprint density at radius 3 is 1.68 bits per heavy atom. The van der Waals surface area contributed by atoms with Crippen molar-refractivity contribution in [2.75, 3.05) is 13.1 Å². The molecule has 0 saturated carbocycles. The zero-order valence-electron chi connectivity index (χ0n) is 25.4. The summed E-state index contributed by atoms with van der Waals surface area (Å²) in [5, 5.41) is 9.58. The maximum atomic E-state index is 9.58. The van der Waals surface area contributed by atoms with Gasteiger partial charge in [-0.05, 0) is 37.3 Å². The Morgan fingerprint density at radius 1 is 0.684 bits per heavy atom. The van der Waals surface area contributed by atoms with E-state index in [0.29, 0.717) is 5.75 Å². The van der Waals surface area contributed by atoms with Gasteiger partial charge in [0.25, 0.3) is 0 Å². The Hall–Kier alpha value is -1.77. The van der Waals surface area contributed by atoms with Crippen LogP contribution < -0.4 is 0 Å². The summed E-state index contributed by atoms with van der Waals surface area (Å²) in [6, 6.07) is 7.67. The first kappa shape index (κ1) is 34.3. The Balaban J connectivity index is 0.000000399. The van der Waals surface area contributed by atoms with Crippen molar-refractivity contribution in [2.45, 2.75) is 155 Å². The van der Waals surface area contributed by atoms with Gasteiger partial charge in [0, 0.05) is 12.7 Å². The number of phenolic OH excluding ortho intramolecular Hbond substituents is 1. The van der Waals surface area contributed by atoms with Crippen molar-refractivity contribution in [1.82, 2.24) is 4.90 Å². The SMILES string of the molecule is CCCCCCCCCCCCCCCC=CN1C=NCC1.CCCCCCCCCc1ccccc1O. The van der Waals surface area contributed by atoms with E-state index in [1.807, 2.05) is 24.5 Å². The van der Waals surface area contributed by atoms with Crippen molar-refractivity contribution in [2.24, 2.45) is 4.99 Å². The van der Waals surface area contributed by atoms with Crippen LogP contribution in [-0.4, -0.2) is 29.4 Å². The average Bonchev–Trinajstić information content (AvgIpc) is 3.45. The second kappa shape index (κ2) is 26.8. The molecule has 0 aliphatic carbocycles. The molecule has 2 rings (SSSR count). The van der Waals surface area contributed by atoms with E-state index in [1.165, 1.54) is 135 Å². The molecule has 38 heavy (non-hydrogen) atoms. The van der Waals surface area contributed by atoms with Crippen molar-refractivity contribution >= 4 is 6.34 Å². The summed E-state index contributed by atoms with van der Waals surface area (Å²) < 4.78 is 0. The number of para-hydroxylation sites is 1. The Labute approximate surface area is 237 Å². The first-order valence-electron chi connectivity index (χ1n) is 16.5. The average molecular weight is 527 g/mol. The third kappa shape index (κ3) is 21.2. The number of nitrogens with zero attached hydrogens (tertiary/aromatic N) is 2. The molecule has 1 aromatic rings. The van der Waals surface area contributed by atoms with E-state index >= 15 is 0 Å². The van der Waals surface area contributed by atoms with Crippen LogP contribution in [0.4, 0.5) is 0 Å². The van der Waals surface area contributed by atoms with Crippen molar-refractivity contribution in [3.63, 3.8) is 0 Å². The number of aliphatic imine (C=N–C) groups is 1. The first-order chi connectivity index (χ1) is 18.8. The topological polar surface area (TPSA) is 35.8 Å². The third-order valence-corrected chi connectivity index (χ3v) is 7.53. The lowest BCUT2D eigenvalue weighted by Gasteiger charge is -2.05. The van der Waals surface area contributed by atoms with Crippen LogP contribution in [0.2, 0.25) is 0 Å². The van der Waals surface area contributed by atoms with Crippen LogP contribution in [0.1, 0.15) is 154 Å². The minimum atomic E-state index is 0.452. The van der Waals surface area contributed by atoms with Gasteiger partial charge in [-0.2, -0.15) is 0 Å². The van der Waals surface area contributed by atoms with Crippen molar-refractivity contribution in [3.8, 4) is 5.75 Å². The van der Waals surface area contributed by atoms with Gasteiger partial charge in [-0.1, -0.05) is 154 Å². The number of hydrogen-bond acceptors (Lipinski definition) is 3. The molecule has 3 heteroatoms. The molecule has 0 spiro atoms. The van der Waals surface area contributed by atoms with Gasteiger partial charge in [0.15, 0.2) is 0 Å². The van der Waals surface area contributed by atoms with Crippen molar-refractivity contribution < 1.29 is 5.11 Å². The van der Waals surface area contributed by atoms with Gasteiger partial charge in [-0.15, -0.1) is 0 Å². The molecule has 3 nitrogen and oxygen atoms in total. The summed E-state index contributed by atoms with van der Waals surface area (Å²) in [4.78, 5) is 6.39. The first-order valence-corrected chi connectivity index (χ1v) is 16.5. The van der Waals surface area contributed by atoms with Gasteiger partial charge >= 0.3 is 0 Å². The molecule has 0 fully saturated rings. The lowest BCUT2D eigenvalue weighted by Crippen LogP contribution is -2.10. The fraction of sp³-hybridized carbons (Fsp3) is 0.743. The number of hydrogen-bond donors (Lipinski definition) is 1. The van der Waals surface area contributed by atoms with Crippen LogP contribution in [0, 0.1) is 0 Å². The minimum Gasteiger partial charge on any atom is -0.508 e. The zero-order valence-corrected chi connectivity index (χ0v) is 25.4. The molecule has 1 aromatic carbocycles.